The normalized spacial score (nSPS) is 17.4. The van der Waals surface area contributed by atoms with E-state index in [0.29, 0.717) is 32.5 Å². The van der Waals surface area contributed by atoms with E-state index in [9.17, 15) is 18.0 Å². The molecule has 4 rings (SSSR count). The summed E-state index contributed by atoms with van der Waals surface area (Å²) in [7, 11) is 0. The number of carbonyl (C=O) groups excluding carboxylic acids is 1. The third-order valence-corrected chi connectivity index (χ3v) is 5.14. The fourth-order valence-corrected chi connectivity index (χ4v) is 3.78. The van der Waals surface area contributed by atoms with Gasteiger partial charge >= 0.3 is 6.36 Å². The Morgan fingerprint density at radius 2 is 1.86 bits per heavy atom. The van der Waals surface area contributed by atoms with Crippen molar-refractivity contribution in [2.75, 3.05) is 19.6 Å². The van der Waals surface area contributed by atoms with Gasteiger partial charge in [-0.05, 0) is 25.0 Å². The molecule has 3 heterocycles. The second kappa shape index (κ2) is 8.58. The van der Waals surface area contributed by atoms with E-state index in [1.165, 1.54) is 18.2 Å². The zero-order valence-corrected chi connectivity index (χ0v) is 16.3. The maximum absolute atomic E-state index is 12.8. The van der Waals surface area contributed by atoms with Gasteiger partial charge in [0.25, 0.3) is 5.91 Å². The zero-order chi connectivity index (χ0) is 19.7. The number of piperidine rings is 1. The number of nitrogens with one attached hydrogen (secondary N) is 1. The number of fused-ring (bicyclic) bond motifs is 1. The van der Waals surface area contributed by atoms with Crippen LogP contribution in [0.15, 0.2) is 24.3 Å². The van der Waals surface area contributed by atoms with E-state index in [1.54, 1.807) is 4.90 Å². The summed E-state index contributed by atoms with van der Waals surface area (Å²) in [4.78, 5) is 14.3. The molecule has 1 saturated heterocycles. The Hall–Kier alpha value is -2.33. The molecule has 7 nitrogen and oxygen atoms in total. The smallest absolute Gasteiger partial charge is 0.405 e. The first-order valence-electron chi connectivity index (χ1n) is 9.19. The van der Waals surface area contributed by atoms with Gasteiger partial charge in [0.05, 0.1) is 12.1 Å². The minimum atomic E-state index is -4.84. The molecule has 0 atom stereocenters. The molecule has 0 radical (unpaired) electrons. The summed E-state index contributed by atoms with van der Waals surface area (Å²) in [5, 5.41) is 11.8. The first-order chi connectivity index (χ1) is 13.4. The number of alkyl halides is 3. The van der Waals surface area contributed by atoms with Crippen LogP contribution in [-0.2, 0) is 13.1 Å². The van der Waals surface area contributed by atoms with Crippen molar-refractivity contribution in [3.63, 3.8) is 0 Å². The van der Waals surface area contributed by atoms with E-state index in [2.05, 4.69) is 24.8 Å². The summed E-state index contributed by atoms with van der Waals surface area (Å²) in [6.07, 6.45) is -3.45. The van der Waals surface area contributed by atoms with Crippen molar-refractivity contribution in [3.8, 4) is 5.75 Å². The molecule has 1 amide bonds. The number of halogens is 4. The van der Waals surface area contributed by atoms with Gasteiger partial charge in [0.2, 0.25) is 0 Å². The second-order valence-electron chi connectivity index (χ2n) is 6.91. The Morgan fingerprint density at radius 1 is 1.14 bits per heavy atom. The molecule has 0 spiro atoms. The number of likely N-dealkylation sites (tertiary alicyclic amines) is 1. The highest BCUT2D eigenvalue weighted by Gasteiger charge is 2.34. The standard InChI is InChI=1S/C18H20F3N5O2.ClH/c19-18(20,21)28-14-4-2-1-3-13(14)17(27)25-8-5-12(6-9-25)16-24-23-15-11-22-7-10-26(15)16;/h1-4,12,22H,5-11H2;1H. The molecule has 0 unspecified atom stereocenters. The fourth-order valence-electron chi connectivity index (χ4n) is 3.78. The number of benzene rings is 1. The number of ether oxygens (including phenoxy) is 1. The highest BCUT2D eigenvalue weighted by Crippen LogP contribution is 2.31. The van der Waals surface area contributed by atoms with E-state index in [-0.39, 0.29) is 23.9 Å². The Bertz CT molecular complexity index is 865. The molecule has 1 fully saturated rings. The first kappa shape index (κ1) is 21.4. The number of hydrogen-bond donors (Lipinski definition) is 1. The van der Waals surface area contributed by atoms with Gasteiger partial charge in [0, 0.05) is 32.1 Å². The molecule has 1 aromatic carbocycles. The molecule has 158 valence electrons. The third-order valence-electron chi connectivity index (χ3n) is 5.14. The van der Waals surface area contributed by atoms with Gasteiger partial charge in [-0.3, -0.25) is 4.79 Å². The van der Waals surface area contributed by atoms with Crippen LogP contribution in [-0.4, -0.2) is 51.6 Å². The van der Waals surface area contributed by atoms with Crippen molar-refractivity contribution >= 4 is 18.3 Å². The summed E-state index contributed by atoms with van der Waals surface area (Å²) in [5.41, 5.74) is -0.0794. The van der Waals surface area contributed by atoms with Gasteiger partial charge in [-0.1, -0.05) is 12.1 Å². The third kappa shape index (κ3) is 4.64. The van der Waals surface area contributed by atoms with Crippen molar-refractivity contribution in [2.45, 2.75) is 38.2 Å². The van der Waals surface area contributed by atoms with E-state index in [4.69, 9.17) is 0 Å². The van der Waals surface area contributed by atoms with E-state index in [0.717, 1.165) is 30.8 Å². The van der Waals surface area contributed by atoms with Crippen LogP contribution in [0, 0.1) is 0 Å². The molecule has 2 aromatic rings. The number of amides is 1. The van der Waals surface area contributed by atoms with Crippen LogP contribution in [0.5, 0.6) is 5.75 Å². The van der Waals surface area contributed by atoms with Gasteiger partial charge in [-0.25, -0.2) is 0 Å². The monoisotopic (exact) mass is 431 g/mol. The van der Waals surface area contributed by atoms with Crippen LogP contribution in [0.4, 0.5) is 13.2 Å². The molecule has 1 N–H and O–H groups in total. The summed E-state index contributed by atoms with van der Waals surface area (Å²) < 4.78 is 44.0. The highest BCUT2D eigenvalue weighted by atomic mass is 35.5. The highest BCUT2D eigenvalue weighted by molar-refractivity contribution is 5.97. The van der Waals surface area contributed by atoms with Crippen molar-refractivity contribution in [1.82, 2.24) is 25.0 Å². The minimum absolute atomic E-state index is 0. The second-order valence-corrected chi connectivity index (χ2v) is 6.91. The SMILES string of the molecule is Cl.O=C(c1ccccc1OC(F)(F)F)N1CCC(c2nnc3n2CCNC3)CC1. The summed E-state index contributed by atoms with van der Waals surface area (Å²) in [6.45, 7) is 3.28. The van der Waals surface area contributed by atoms with Crippen LogP contribution in [0.25, 0.3) is 0 Å². The Kier molecular flexibility index (Phi) is 6.33. The molecule has 0 aliphatic carbocycles. The number of aromatic nitrogens is 3. The van der Waals surface area contributed by atoms with E-state index in [1.807, 2.05) is 0 Å². The van der Waals surface area contributed by atoms with Gasteiger partial charge in [-0.15, -0.1) is 35.8 Å². The lowest BCUT2D eigenvalue weighted by molar-refractivity contribution is -0.274. The summed E-state index contributed by atoms with van der Waals surface area (Å²) in [5.74, 6) is 1.11. The number of rotatable bonds is 3. The Morgan fingerprint density at radius 3 is 2.59 bits per heavy atom. The lowest BCUT2D eigenvalue weighted by atomic mass is 9.95. The fraction of sp³-hybridized carbons (Fsp3) is 0.500. The molecule has 0 bridgehead atoms. The largest absolute Gasteiger partial charge is 0.573 e. The van der Waals surface area contributed by atoms with E-state index < -0.39 is 18.0 Å². The molecular weight excluding hydrogens is 411 g/mol. The summed E-state index contributed by atoms with van der Waals surface area (Å²) >= 11 is 0. The van der Waals surface area contributed by atoms with Crippen LogP contribution in [0.1, 0.15) is 40.8 Å². The van der Waals surface area contributed by atoms with Gasteiger partial charge in [-0.2, -0.15) is 0 Å². The molecule has 2 aliphatic heterocycles. The minimum Gasteiger partial charge on any atom is -0.405 e. The number of hydrogen-bond acceptors (Lipinski definition) is 5. The maximum Gasteiger partial charge on any atom is 0.573 e. The van der Waals surface area contributed by atoms with Crippen molar-refractivity contribution < 1.29 is 22.7 Å². The molecule has 1 aromatic heterocycles. The van der Waals surface area contributed by atoms with Gasteiger partial charge in [0.15, 0.2) is 0 Å². The lowest BCUT2D eigenvalue weighted by Crippen LogP contribution is -2.39. The van der Waals surface area contributed by atoms with Crippen molar-refractivity contribution in [2.24, 2.45) is 0 Å². The molecular formula is C18H21ClF3N5O2. The topological polar surface area (TPSA) is 72.3 Å². The quantitative estimate of drug-likeness (QED) is 0.809. The number of para-hydroxylation sites is 1. The Labute approximate surface area is 171 Å². The maximum atomic E-state index is 12.8. The van der Waals surface area contributed by atoms with Crippen molar-refractivity contribution in [3.05, 3.63) is 41.5 Å². The summed E-state index contributed by atoms with van der Waals surface area (Å²) in [6, 6.07) is 5.45. The predicted molar refractivity (Wildman–Crippen MR) is 100.0 cm³/mol. The average Bonchev–Trinajstić information content (AvgIpc) is 3.11. The molecule has 2 aliphatic rings. The molecule has 0 saturated carbocycles. The lowest BCUT2D eigenvalue weighted by Gasteiger charge is -2.32. The number of carbonyl (C=O) groups is 1. The van der Waals surface area contributed by atoms with Gasteiger partial charge < -0.3 is 19.5 Å². The van der Waals surface area contributed by atoms with Crippen molar-refractivity contribution in [1.29, 1.82) is 0 Å². The molecule has 29 heavy (non-hydrogen) atoms. The zero-order valence-electron chi connectivity index (χ0n) is 15.5. The molecule has 11 heteroatoms. The Balaban J connectivity index is 0.00000240. The van der Waals surface area contributed by atoms with Crippen LogP contribution in [0.3, 0.4) is 0 Å². The van der Waals surface area contributed by atoms with Gasteiger partial charge in [0.1, 0.15) is 17.4 Å². The average molecular weight is 432 g/mol. The first-order valence-corrected chi connectivity index (χ1v) is 9.19. The van der Waals surface area contributed by atoms with Crippen LogP contribution >= 0.6 is 12.4 Å². The predicted octanol–water partition coefficient (Wildman–Crippen LogP) is 2.72. The van der Waals surface area contributed by atoms with Crippen LogP contribution in [0.2, 0.25) is 0 Å². The van der Waals surface area contributed by atoms with E-state index >= 15 is 0 Å². The van der Waals surface area contributed by atoms with Crippen LogP contribution < -0.4 is 10.1 Å². The number of nitrogens with zero attached hydrogens (tertiary/aromatic N) is 4.